The predicted octanol–water partition coefficient (Wildman–Crippen LogP) is 3.29. The second-order valence-electron chi connectivity index (χ2n) is 6.36. The van der Waals surface area contributed by atoms with Crippen LogP contribution in [0.5, 0.6) is 0 Å². The summed E-state index contributed by atoms with van der Waals surface area (Å²) in [4.78, 5) is 38.6. The highest BCUT2D eigenvalue weighted by atomic mass is 16.6. The molecule has 0 fully saturated rings. The van der Waals surface area contributed by atoms with Crippen LogP contribution in [0.1, 0.15) is 34.3 Å². The highest BCUT2D eigenvalue weighted by molar-refractivity contribution is 5.90. The average Bonchev–Trinajstić information content (AvgIpc) is 3.15. The molecule has 3 rings (SSSR count). The maximum absolute atomic E-state index is 12.5. The van der Waals surface area contributed by atoms with Gasteiger partial charge < -0.3 is 14.5 Å². The Balaban J connectivity index is 2.17. The molecule has 0 aliphatic carbocycles. The summed E-state index contributed by atoms with van der Waals surface area (Å²) in [5.74, 6) is -2.34. The van der Waals surface area contributed by atoms with Crippen LogP contribution in [0, 0.1) is 10.1 Å². The van der Waals surface area contributed by atoms with E-state index >= 15 is 0 Å². The Kier molecular flexibility index (Phi) is 5.92. The number of para-hydroxylation sites is 1. The maximum Gasteiger partial charge on any atom is 0.382 e. The first-order chi connectivity index (χ1) is 14.0. The Morgan fingerprint density at radius 3 is 2.45 bits per heavy atom. The number of H-pyrrole nitrogens is 1. The van der Waals surface area contributed by atoms with Crippen LogP contribution in [0.15, 0.2) is 54.7 Å². The number of aromatic nitrogens is 1. The molecule has 0 saturated heterocycles. The molecule has 1 heterocycles. The molecular formula is C21H20N2O6. The number of benzene rings is 2. The summed E-state index contributed by atoms with van der Waals surface area (Å²) in [6, 6.07) is 11.9. The van der Waals surface area contributed by atoms with E-state index in [1.807, 2.05) is 24.3 Å². The van der Waals surface area contributed by atoms with Crippen LogP contribution in [0.25, 0.3) is 10.9 Å². The van der Waals surface area contributed by atoms with Gasteiger partial charge in [0.25, 0.3) is 0 Å². The number of methoxy groups -OCH3 is 1. The van der Waals surface area contributed by atoms with Gasteiger partial charge in [0.2, 0.25) is 0 Å². The maximum atomic E-state index is 12.5. The number of carbonyl (C=O) groups excluding carboxylic acids is 2. The SMILES string of the molecule is CCOC(=O)C([C@@H](c1ccc(C(=O)OC)cc1)c1c[nH]c2ccccc12)[N+](=O)[O-]. The van der Waals surface area contributed by atoms with Crippen LogP contribution in [-0.4, -0.2) is 41.6 Å². The standard InChI is InChI=1S/C21H20N2O6/c1-3-29-21(25)19(23(26)27)18(13-8-10-14(11-9-13)20(24)28-2)16-12-22-17-7-5-4-6-15(16)17/h4-12,18-19,22H,3H2,1-2H3/t18-,19?/m0/s1. The molecule has 0 aliphatic rings. The number of hydrogen-bond acceptors (Lipinski definition) is 6. The number of nitro groups is 1. The van der Waals surface area contributed by atoms with Crippen LogP contribution >= 0.6 is 0 Å². The lowest BCUT2D eigenvalue weighted by atomic mass is 9.84. The van der Waals surface area contributed by atoms with Crippen molar-refractivity contribution in [1.82, 2.24) is 4.98 Å². The molecule has 0 aliphatic heterocycles. The fraction of sp³-hybridized carbons (Fsp3) is 0.238. The van der Waals surface area contributed by atoms with Gasteiger partial charge in [0.15, 0.2) is 0 Å². The second kappa shape index (κ2) is 8.55. The third-order valence-electron chi connectivity index (χ3n) is 4.72. The summed E-state index contributed by atoms with van der Waals surface area (Å²) in [6.07, 6.45) is 1.67. The van der Waals surface area contributed by atoms with E-state index in [0.29, 0.717) is 16.7 Å². The van der Waals surface area contributed by atoms with Crippen molar-refractivity contribution in [2.24, 2.45) is 0 Å². The van der Waals surface area contributed by atoms with E-state index in [-0.39, 0.29) is 6.61 Å². The largest absolute Gasteiger partial charge is 0.465 e. The summed E-state index contributed by atoms with van der Waals surface area (Å²) >= 11 is 0. The van der Waals surface area contributed by atoms with Gasteiger partial charge in [-0.2, -0.15) is 0 Å². The first-order valence-electron chi connectivity index (χ1n) is 9.02. The molecule has 1 unspecified atom stereocenters. The highest BCUT2D eigenvalue weighted by Crippen LogP contribution is 2.35. The number of carbonyl (C=O) groups is 2. The topological polar surface area (TPSA) is 112 Å². The van der Waals surface area contributed by atoms with Crippen LogP contribution in [0.4, 0.5) is 0 Å². The number of esters is 2. The predicted molar refractivity (Wildman–Crippen MR) is 105 cm³/mol. The van der Waals surface area contributed by atoms with Crippen LogP contribution in [0.3, 0.4) is 0 Å². The second-order valence-corrected chi connectivity index (χ2v) is 6.36. The molecule has 8 nitrogen and oxygen atoms in total. The molecule has 0 radical (unpaired) electrons. The van der Waals surface area contributed by atoms with E-state index in [1.165, 1.54) is 19.2 Å². The molecule has 0 bridgehead atoms. The smallest absolute Gasteiger partial charge is 0.382 e. The Morgan fingerprint density at radius 1 is 1.14 bits per heavy atom. The van der Waals surface area contributed by atoms with Crippen LogP contribution < -0.4 is 0 Å². The van der Waals surface area contributed by atoms with Crippen molar-refractivity contribution in [2.75, 3.05) is 13.7 Å². The normalized spacial score (nSPS) is 12.9. The number of nitrogens with one attached hydrogen (secondary N) is 1. The molecule has 0 saturated carbocycles. The molecular weight excluding hydrogens is 376 g/mol. The first-order valence-corrected chi connectivity index (χ1v) is 9.02. The molecule has 29 heavy (non-hydrogen) atoms. The number of fused-ring (bicyclic) bond motifs is 1. The Morgan fingerprint density at radius 2 is 1.83 bits per heavy atom. The molecule has 150 valence electrons. The lowest BCUT2D eigenvalue weighted by molar-refractivity contribution is -0.513. The molecule has 1 N–H and O–H groups in total. The monoisotopic (exact) mass is 396 g/mol. The zero-order chi connectivity index (χ0) is 21.0. The van der Waals surface area contributed by atoms with Crippen molar-refractivity contribution in [3.8, 4) is 0 Å². The lowest BCUT2D eigenvalue weighted by Crippen LogP contribution is -2.37. The van der Waals surface area contributed by atoms with Gasteiger partial charge in [0.05, 0.1) is 25.2 Å². The van der Waals surface area contributed by atoms with Gasteiger partial charge >= 0.3 is 18.0 Å². The van der Waals surface area contributed by atoms with E-state index in [2.05, 4.69) is 4.98 Å². The number of ether oxygens (including phenoxy) is 2. The summed E-state index contributed by atoms with van der Waals surface area (Å²) in [5, 5.41) is 12.7. The number of rotatable bonds is 7. The molecule has 3 aromatic rings. The minimum atomic E-state index is -1.64. The third-order valence-corrected chi connectivity index (χ3v) is 4.72. The quantitative estimate of drug-likeness (QED) is 0.373. The van der Waals surface area contributed by atoms with Gasteiger partial charge in [-0.25, -0.2) is 9.59 Å². The zero-order valence-electron chi connectivity index (χ0n) is 16.0. The molecule has 1 aromatic heterocycles. The number of nitrogens with zero attached hydrogens (tertiary/aromatic N) is 1. The van der Waals surface area contributed by atoms with E-state index in [0.717, 1.165) is 10.9 Å². The third kappa shape index (κ3) is 3.96. The van der Waals surface area contributed by atoms with E-state index in [1.54, 1.807) is 25.3 Å². The lowest BCUT2D eigenvalue weighted by Gasteiger charge is -2.20. The van der Waals surface area contributed by atoms with Gasteiger partial charge in [-0.3, -0.25) is 10.1 Å². The van der Waals surface area contributed by atoms with Crippen molar-refractivity contribution in [3.05, 3.63) is 81.5 Å². The fourth-order valence-electron chi connectivity index (χ4n) is 3.40. The first kappa shape index (κ1) is 20.1. The number of hydrogen-bond donors (Lipinski definition) is 1. The van der Waals surface area contributed by atoms with Crippen molar-refractivity contribution in [3.63, 3.8) is 0 Å². The fourth-order valence-corrected chi connectivity index (χ4v) is 3.40. The van der Waals surface area contributed by atoms with E-state index < -0.39 is 28.8 Å². The van der Waals surface area contributed by atoms with Gasteiger partial charge in [-0.05, 0) is 36.2 Å². The minimum Gasteiger partial charge on any atom is -0.465 e. The zero-order valence-corrected chi connectivity index (χ0v) is 16.0. The molecule has 2 aromatic carbocycles. The Hall–Kier alpha value is -3.68. The van der Waals surface area contributed by atoms with Gasteiger partial charge in [-0.1, -0.05) is 30.3 Å². The highest BCUT2D eigenvalue weighted by Gasteiger charge is 2.43. The Bertz CT molecular complexity index is 1040. The van der Waals surface area contributed by atoms with Gasteiger partial charge in [0, 0.05) is 22.0 Å². The minimum absolute atomic E-state index is 0.0328. The van der Waals surface area contributed by atoms with Gasteiger partial charge in [0.1, 0.15) is 0 Å². The van der Waals surface area contributed by atoms with Crippen molar-refractivity contribution >= 4 is 22.8 Å². The molecule has 8 heteroatoms. The molecule has 0 spiro atoms. The van der Waals surface area contributed by atoms with Crippen LogP contribution in [0.2, 0.25) is 0 Å². The van der Waals surface area contributed by atoms with Crippen LogP contribution in [-0.2, 0) is 14.3 Å². The Labute approximate surface area is 166 Å². The van der Waals surface area contributed by atoms with E-state index in [9.17, 15) is 19.7 Å². The average molecular weight is 396 g/mol. The van der Waals surface area contributed by atoms with Crippen molar-refractivity contribution < 1.29 is 24.0 Å². The summed E-state index contributed by atoms with van der Waals surface area (Å²) < 4.78 is 9.69. The van der Waals surface area contributed by atoms with Gasteiger partial charge in [-0.15, -0.1) is 0 Å². The summed E-state index contributed by atoms with van der Waals surface area (Å²) in [6.45, 7) is 1.63. The molecule has 0 amide bonds. The molecule has 2 atom stereocenters. The van der Waals surface area contributed by atoms with E-state index in [4.69, 9.17) is 9.47 Å². The number of aromatic amines is 1. The van der Waals surface area contributed by atoms with Crippen molar-refractivity contribution in [1.29, 1.82) is 0 Å². The van der Waals surface area contributed by atoms with Crippen molar-refractivity contribution in [2.45, 2.75) is 18.9 Å². The summed E-state index contributed by atoms with van der Waals surface area (Å²) in [5.41, 5.74) is 2.21. The summed E-state index contributed by atoms with van der Waals surface area (Å²) in [7, 11) is 1.27.